The van der Waals surface area contributed by atoms with Crippen LogP contribution < -0.4 is 0 Å². The zero-order valence-electron chi connectivity index (χ0n) is 10.4. The monoisotopic (exact) mass is 218 g/mol. The van der Waals surface area contributed by atoms with Gasteiger partial charge in [-0.1, -0.05) is 38.1 Å². The molecule has 0 saturated heterocycles. The topological polar surface area (TPSA) is 20.2 Å². The molecule has 1 aromatic carbocycles. The van der Waals surface area contributed by atoms with Crippen LogP contribution in [-0.4, -0.2) is 5.11 Å². The highest BCUT2D eigenvalue weighted by Gasteiger charge is 2.33. The molecule has 0 aliphatic heterocycles. The van der Waals surface area contributed by atoms with Crippen molar-refractivity contribution in [2.45, 2.75) is 51.6 Å². The summed E-state index contributed by atoms with van der Waals surface area (Å²) in [7, 11) is 0. The molecule has 0 spiro atoms. The summed E-state index contributed by atoms with van der Waals surface area (Å²) in [4.78, 5) is 0. The molecular formula is C15H22O. The van der Waals surface area contributed by atoms with Crippen molar-refractivity contribution >= 4 is 0 Å². The van der Waals surface area contributed by atoms with E-state index in [0.717, 1.165) is 32.1 Å². The molecule has 0 radical (unpaired) electrons. The van der Waals surface area contributed by atoms with Crippen molar-refractivity contribution < 1.29 is 5.11 Å². The number of fused-ring (bicyclic) bond motifs is 1. The summed E-state index contributed by atoms with van der Waals surface area (Å²) in [6, 6.07) is 8.39. The molecule has 1 aliphatic carbocycles. The van der Waals surface area contributed by atoms with Gasteiger partial charge in [-0.25, -0.2) is 0 Å². The minimum absolute atomic E-state index is 0.556. The van der Waals surface area contributed by atoms with Crippen molar-refractivity contribution in [2.75, 3.05) is 0 Å². The lowest BCUT2D eigenvalue weighted by molar-refractivity contribution is 0.00521. The Kier molecular flexibility index (Phi) is 3.34. The normalized spacial score (nSPS) is 24.5. The van der Waals surface area contributed by atoms with Crippen LogP contribution in [0.1, 0.15) is 50.7 Å². The van der Waals surface area contributed by atoms with Crippen molar-refractivity contribution in [1.29, 1.82) is 0 Å². The third-order valence-electron chi connectivity index (χ3n) is 3.69. The minimum Gasteiger partial charge on any atom is -0.385 e. The Bertz CT molecular complexity index is 356. The van der Waals surface area contributed by atoms with Gasteiger partial charge in [0.05, 0.1) is 5.60 Å². The van der Waals surface area contributed by atoms with Gasteiger partial charge in [0, 0.05) is 0 Å². The van der Waals surface area contributed by atoms with Gasteiger partial charge < -0.3 is 5.11 Å². The average Bonchev–Trinajstić information content (AvgIpc) is 2.27. The molecular weight excluding hydrogens is 196 g/mol. The summed E-state index contributed by atoms with van der Waals surface area (Å²) in [6.07, 6.45) is 5.18. The lowest BCUT2D eigenvalue weighted by Crippen LogP contribution is -2.30. The minimum atomic E-state index is -0.556. The van der Waals surface area contributed by atoms with Crippen molar-refractivity contribution in [3.05, 3.63) is 35.4 Å². The zero-order valence-corrected chi connectivity index (χ0v) is 10.4. The van der Waals surface area contributed by atoms with E-state index in [9.17, 15) is 5.11 Å². The second-order valence-electron chi connectivity index (χ2n) is 5.47. The number of rotatable bonds is 3. The Labute approximate surface area is 98.5 Å². The maximum Gasteiger partial charge on any atom is 0.0899 e. The second kappa shape index (κ2) is 4.58. The van der Waals surface area contributed by atoms with Crippen LogP contribution in [0.5, 0.6) is 0 Å². The highest BCUT2D eigenvalue weighted by atomic mass is 16.3. The number of hydrogen-bond acceptors (Lipinski definition) is 1. The Morgan fingerprint density at radius 2 is 2.06 bits per heavy atom. The quantitative estimate of drug-likeness (QED) is 0.821. The maximum atomic E-state index is 10.8. The van der Waals surface area contributed by atoms with Crippen LogP contribution in [0.25, 0.3) is 0 Å². The Morgan fingerprint density at radius 1 is 1.31 bits per heavy atom. The van der Waals surface area contributed by atoms with Crippen molar-refractivity contribution in [3.8, 4) is 0 Å². The van der Waals surface area contributed by atoms with Crippen molar-refractivity contribution in [2.24, 2.45) is 5.92 Å². The molecule has 1 nitrogen and oxygen atoms in total. The molecule has 2 rings (SSSR count). The predicted octanol–water partition coefficient (Wildman–Crippen LogP) is 3.65. The molecule has 0 aromatic heterocycles. The number of benzene rings is 1. The molecule has 88 valence electrons. The van der Waals surface area contributed by atoms with Gasteiger partial charge in [-0.2, -0.15) is 0 Å². The molecule has 0 fully saturated rings. The fourth-order valence-corrected chi connectivity index (χ4v) is 2.69. The van der Waals surface area contributed by atoms with Crippen molar-refractivity contribution in [3.63, 3.8) is 0 Å². The van der Waals surface area contributed by atoms with E-state index in [-0.39, 0.29) is 0 Å². The van der Waals surface area contributed by atoms with E-state index in [4.69, 9.17) is 0 Å². The van der Waals surface area contributed by atoms with Gasteiger partial charge in [0.25, 0.3) is 0 Å². The summed E-state index contributed by atoms with van der Waals surface area (Å²) in [5.41, 5.74) is 1.97. The standard InChI is InChI=1S/C15H22O/c1-12(2)9-11-15(16)10-5-7-13-6-3-4-8-14(13)15/h3-4,6,8,12,16H,5,7,9-11H2,1-2H3. The molecule has 1 N–H and O–H groups in total. The third kappa shape index (κ3) is 2.30. The molecule has 0 amide bonds. The first kappa shape index (κ1) is 11.7. The Hall–Kier alpha value is -0.820. The summed E-state index contributed by atoms with van der Waals surface area (Å²) >= 11 is 0. The first-order valence-corrected chi connectivity index (χ1v) is 6.42. The molecule has 0 saturated carbocycles. The van der Waals surface area contributed by atoms with Crippen LogP contribution in [0.4, 0.5) is 0 Å². The molecule has 16 heavy (non-hydrogen) atoms. The smallest absolute Gasteiger partial charge is 0.0899 e. The van der Waals surface area contributed by atoms with Crippen LogP contribution in [0.15, 0.2) is 24.3 Å². The molecule has 0 bridgehead atoms. The summed E-state index contributed by atoms with van der Waals surface area (Å²) < 4.78 is 0. The SMILES string of the molecule is CC(C)CCC1(O)CCCc2ccccc21. The predicted molar refractivity (Wildman–Crippen MR) is 67.3 cm³/mol. The fraction of sp³-hybridized carbons (Fsp3) is 0.600. The van der Waals surface area contributed by atoms with Gasteiger partial charge in [0.15, 0.2) is 0 Å². The van der Waals surface area contributed by atoms with Gasteiger partial charge in [0.1, 0.15) is 0 Å². The van der Waals surface area contributed by atoms with Gasteiger partial charge in [-0.3, -0.25) is 0 Å². The van der Waals surface area contributed by atoms with E-state index in [2.05, 4.69) is 32.0 Å². The molecule has 1 aliphatic rings. The van der Waals surface area contributed by atoms with E-state index < -0.39 is 5.60 Å². The van der Waals surface area contributed by atoms with Gasteiger partial charge in [-0.05, 0) is 49.1 Å². The third-order valence-corrected chi connectivity index (χ3v) is 3.69. The first-order chi connectivity index (χ1) is 7.62. The van der Waals surface area contributed by atoms with Crippen LogP contribution in [0.2, 0.25) is 0 Å². The summed E-state index contributed by atoms with van der Waals surface area (Å²) in [6.45, 7) is 4.44. The van der Waals surface area contributed by atoms with Gasteiger partial charge in [-0.15, -0.1) is 0 Å². The summed E-state index contributed by atoms with van der Waals surface area (Å²) in [5.74, 6) is 0.665. The number of hydrogen-bond donors (Lipinski definition) is 1. The van der Waals surface area contributed by atoms with E-state index in [0.29, 0.717) is 5.92 Å². The largest absolute Gasteiger partial charge is 0.385 e. The fourth-order valence-electron chi connectivity index (χ4n) is 2.69. The van der Waals surface area contributed by atoms with E-state index >= 15 is 0 Å². The molecule has 1 unspecified atom stereocenters. The highest BCUT2D eigenvalue weighted by molar-refractivity contribution is 5.34. The highest BCUT2D eigenvalue weighted by Crippen LogP contribution is 2.39. The second-order valence-corrected chi connectivity index (χ2v) is 5.47. The first-order valence-electron chi connectivity index (χ1n) is 6.42. The summed E-state index contributed by atoms with van der Waals surface area (Å²) in [5, 5.41) is 10.8. The number of aliphatic hydroxyl groups is 1. The Morgan fingerprint density at radius 3 is 2.81 bits per heavy atom. The van der Waals surface area contributed by atoms with Gasteiger partial charge >= 0.3 is 0 Å². The van der Waals surface area contributed by atoms with E-state index in [1.807, 2.05) is 6.07 Å². The van der Waals surface area contributed by atoms with Crippen molar-refractivity contribution in [1.82, 2.24) is 0 Å². The molecule has 1 heteroatoms. The van der Waals surface area contributed by atoms with Crippen LogP contribution in [0, 0.1) is 5.92 Å². The van der Waals surface area contributed by atoms with Crippen LogP contribution in [0.3, 0.4) is 0 Å². The maximum absolute atomic E-state index is 10.8. The molecule has 1 aromatic rings. The average molecular weight is 218 g/mol. The van der Waals surface area contributed by atoms with Crippen LogP contribution >= 0.6 is 0 Å². The lowest BCUT2D eigenvalue weighted by atomic mass is 9.76. The van der Waals surface area contributed by atoms with Crippen LogP contribution in [-0.2, 0) is 12.0 Å². The lowest BCUT2D eigenvalue weighted by Gasteiger charge is -2.35. The zero-order chi connectivity index (χ0) is 11.6. The van der Waals surface area contributed by atoms with E-state index in [1.54, 1.807) is 0 Å². The molecule has 0 heterocycles. The Balaban J connectivity index is 2.22. The van der Waals surface area contributed by atoms with E-state index in [1.165, 1.54) is 11.1 Å². The number of aryl methyl sites for hydroxylation is 1. The van der Waals surface area contributed by atoms with Gasteiger partial charge in [0.2, 0.25) is 0 Å². The molecule has 1 atom stereocenters.